The van der Waals surface area contributed by atoms with E-state index < -0.39 is 86.4 Å². The molecule has 0 spiro atoms. The average molecular weight is 901 g/mol. The number of pyridine rings is 1. The predicted molar refractivity (Wildman–Crippen MR) is 223 cm³/mol. The number of sulfonamides is 1. The average Bonchev–Trinajstić information content (AvgIpc) is 4.12. The van der Waals surface area contributed by atoms with Crippen molar-refractivity contribution in [3.05, 3.63) is 60.7 Å². The first-order valence-corrected chi connectivity index (χ1v) is 22.2. The molecule has 3 N–H and O–H groups in total. The van der Waals surface area contributed by atoms with Crippen molar-refractivity contribution < 1.29 is 59.7 Å². The van der Waals surface area contributed by atoms with E-state index in [0.717, 1.165) is 12.1 Å². The van der Waals surface area contributed by atoms with Crippen LogP contribution in [-0.4, -0.2) is 122 Å². The van der Waals surface area contributed by atoms with Crippen LogP contribution in [0.2, 0.25) is 0 Å². The molecule has 2 saturated carbocycles. The van der Waals surface area contributed by atoms with Crippen LogP contribution >= 0.6 is 0 Å². The largest absolute Gasteiger partial charge is 0.573 e. The summed E-state index contributed by atoms with van der Waals surface area (Å²) in [5, 5.41) is 5.95. The monoisotopic (exact) mass is 900 g/mol. The molecule has 0 bridgehead atoms. The summed E-state index contributed by atoms with van der Waals surface area (Å²) in [7, 11) is -0.690. The first kappa shape index (κ1) is 45.4. The second-order valence-electron chi connectivity index (χ2n) is 17.4. The molecule has 0 radical (unpaired) electrons. The van der Waals surface area contributed by atoms with Crippen molar-refractivity contribution in [3.63, 3.8) is 0 Å². The molecule has 1 saturated heterocycles. The van der Waals surface area contributed by atoms with Crippen LogP contribution in [-0.2, 0) is 29.1 Å². The van der Waals surface area contributed by atoms with Crippen molar-refractivity contribution in [1.29, 1.82) is 0 Å². The van der Waals surface area contributed by atoms with Gasteiger partial charge in [-0.3, -0.25) is 19.1 Å². The van der Waals surface area contributed by atoms with E-state index in [9.17, 15) is 40.8 Å². The number of alkyl carbamates (subject to hydrolysis) is 1. The molecule has 2 aromatic carbocycles. The minimum Gasteiger partial charge on any atom is -0.497 e. The zero-order valence-electron chi connectivity index (χ0n) is 35.5. The lowest BCUT2D eigenvalue weighted by Crippen LogP contribution is -2.59. The fourth-order valence-corrected chi connectivity index (χ4v) is 9.24. The van der Waals surface area contributed by atoms with Crippen molar-refractivity contribution in [1.82, 2.24) is 30.1 Å². The van der Waals surface area contributed by atoms with Crippen LogP contribution in [0.5, 0.6) is 17.4 Å². The third kappa shape index (κ3) is 10.9. The van der Waals surface area contributed by atoms with Gasteiger partial charge in [-0.1, -0.05) is 12.2 Å². The van der Waals surface area contributed by atoms with E-state index in [-0.39, 0.29) is 31.8 Å². The molecule has 4 amide bonds. The van der Waals surface area contributed by atoms with E-state index in [4.69, 9.17) is 19.2 Å². The summed E-state index contributed by atoms with van der Waals surface area (Å²) in [5.41, 5.74) is -1.76. The van der Waals surface area contributed by atoms with Gasteiger partial charge in [0.25, 0.3) is 5.91 Å². The number of ether oxygens (including phenoxy) is 4. The zero-order valence-corrected chi connectivity index (χ0v) is 36.3. The van der Waals surface area contributed by atoms with Crippen LogP contribution in [0.1, 0.15) is 59.3 Å². The van der Waals surface area contributed by atoms with Gasteiger partial charge >= 0.3 is 12.5 Å². The van der Waals surface area contributed by atoms with Crippen molar-refractivity contribution in [3.8, 4) is 28.6 Å². The first-order chi connectivity index (χ1) is 29.6. The Morgan fingerprint density at radius 1 is 1.00 bits per heavy atom. The number of nitrogens with one attached hydrogen (secondary N) is 3. The molecule has 2 unspecified atom stereocenters. The maximum Gasteiger partial charge on any atom is 0.573 e. The third-order valence-corrected chi connectivity index (χ3v) is 13.1. The summed E-state index contributed by atoms with van der Waals surface area (Å²) in [6, 6.07) is 9.48. The molecule has 63 heavy (non-hydrogen) atoms. The Bertz CT molecular complexity index is 2390. The maximum absolute atomic E-state index is 14.8. The molecular weight excluding hydrogens is 850 g/mol. The molecule has 2 aliphatic heterocycles. The number of likely N-dealkylation sites (N-methyl/N-ethyl adjacent to an activating group) is 1. The van der Waals surface area contributed by atoms with Crippen molar-refractivity contribution >= 4 is 44.6 Å². The number of fused-ring (bicyclic) bond motifs is 3. The molecule has 3 aromatic rings. The Hall–Kier alpha value is -5.63. The lowest BCUT2D eigenvalue weighted by Gasteiger charge is -2.32. The Morgan fingerprint density at radius 2 is 1.71 bits per heavy atom. The predicted octanol–water partition coefficient (Wildman–Crippen LogP) is 4.82. The number of alkyl halides is 3. The van der Waals surface area contributed by atoms with Crippen molar-refractivity contribution in [2.45, 2.75) is 100 Å². The molecule has 3 fully saturated rings. The van der Waals surface area contributed by atoms with Crippen LogP contribution in [0.25, 0.3) is 22.0 Å². The Kier molecular flexibility index (Phi) is 12.6. The van der Waals surface area contributed by atoms with Crippen molar-refractivity contribution in [2.75, 3.05) is 33.8 Å². The number of amides is 4. The number of carbonyl (C=O) groups excluding carboxylic acids is 4. The molecule has 5 atom stereocenters. The van der Waals surface area contributed by atoms with Gasteiger partial charge in [0.2, 0.25) is 27.7 Å². The number of carbonyl (C=O) groups is 4. The number of nitrogens with zero attached hydrogens (tertiary/aromatic N) is 3. The third-order valence-electron chi connectivity index (χ3n) is 11.2. The molecule has 20 heteroatoms. The van der Waals surface area contributed by atoms with Gasteiger partial charge in [-0.05, 0) is 120 Å². The molecule has 7 rings (SSSR count). The minimum absolute atomic E-state index is 0.0506. The van der Waals surface area contributed by atoms with Gasteiger partial charge in [-0.15, -0.1) is 13.2 Å². The van der Waals surface area contributed by atoms with Gasteiger partial charge < -0.3 is 39.4 Å². The second-order valence-corrected chi connectivity index (χ2v) is 19.4. The Morgan fingerprint density at radius 3 is 2.38 bits per heavy atom. The van der Waals surface area contributed by atoms with Gasteiger partial charge in [0, 0.05) is 29.8 Å². The number of methoxy groups -OCH3 is 1. The van der Waals surface area contributed by atoms with E-state index in [2.05, 4.69) is 20.1 Å². The normalized spacial score (nSPS) is 24.9. The highest BCUT2D eigenvalue weighted by Gasteiger charge is 2.62. The highest BCUT2D eigenvalue weighted by Crippen LogP contribution is 2.46. The van der Waals surface area contributed by atoms with Crippen LogP contribution in [0.3, 0.4) is 0 Å². The SMILES string of the molecule is COc1ccc2c(OC3C[C@H]4C(=O)N[C@]5(C(=O)NS(=O)(=O)C6CC6)CC5C=CCCCN(C)C[C@H](NC(=O)OC(C)(C)C)C(=O)N4C3)nc(-c3ccc(OC(F)(F)F)cc3)cc2c1. The van der Waals surface area contributed by atoms with Gasteiger partial charge in [-0.25, -0.2) is 18.2 Å². The summed E-state index contributed by atoms with van der Waals surface area (Å²) >= 11 is 0. The fourth-order valence-electron chi connectivity index (χ4n) is 7.87. The Labute approximate surface area is 362 Å². The summed E-state index contributed by atoms with van der Waals surface area (Å²) in [4.78, 5) is 64.3. The minimum atomic E-state index is -4.89. The highest BCUT2D eigenvalue weighted by molar-refractivity contribution is 7.91. The highest BCUT2D eigenvalue weighted by atomic mass is 32.2. The lowest BCUT2D eigenvalue weighted by atomic mass is 10.1. The Balaban J connectivity index is 1.24. The zero-order chi connectivity index (χ0) is 45.5. The second kappa shape index (κ2) is 17.5. The van der Waals surface area contributed by atoms with E-state index in [0.29, 0.717) is 60.0 Å². The van der Waals surface area contributed by atoms with E-state index in [1.54, 1.807) is 58.2 Å². The number of aromatic nitrogens is 1. The van der Waals surface area contributed by atoms with Gasteiger partial charge in [-0.2, -0.15) is 0 Å². The lowest BCUT2D eigenvalue weighted by molar-refractivity contribution is -0.274. The molecule has 16 nitrogen and oxygen atoms in total. The molecule has 2 aliphatic carbocycles. The number of hydrogen-bond donors (Lipinski definition) is 3. The van der Waals surface area contributed by atoms with Crippen LogP contribution in [0, 0.1) is 5.92 Å². The summed E-state index contributed by atoms with van der Waals surface area (Å²) < 4.78 is 88.4. The van der Waals surface area contributed by atoms with Gasteiger partial charge in [0.05, 0.1) is 24.6 Å². The smallest absolute Gasteiger partial charge is 0.497 e. The van der Waals surface area contributed by atoms with Gasteiger partial charge in [0.15, 0.2) is 0 Å². The van der Waals surface area contributed by atoms with Crippen LogP contribution in [0.15, 0.2) is 60.7 Å². The van der Waals surface area contributed by atoms with Crippen LogP contribution < -0.4 is 29.6 Å². The molecule has 1 aromatic heterocycles. The summed E-state index contributed by atoms with van der Waals surface area (Å²) in [5.74, 6) is -2.60. The number of benzene rings is 2. The molecule has 4 aliphatic rings. The fraction of sp³-hybridized carbons (Fsp3) is 0.512. The number of allylic oxidation sites excluding steroid dienone is 1. The number of hydrogen-bond acceptors (Lipinski definition) is 12. The van der Waals surface area contributed by atoms with E-state index >= 15 is 0 Å². The van der Waals surface area contributed by atoms with Gasteiger partial charge in [0.1, 0.15) is 40.8 Å². The van der Waals surface area contributed by atoms with Crippen molar-refractivity contribution in [2.24, 2.45) is 5.92 Å². The van der Waals surface area contributed by atoms with E-state index in [1.807, 2.05) is 11.0 Å². The maximum atomic E-state index is 14.8. The number of rotatable bonds is 9. The molecule has 340 valence electrons. The first-order valence-electron chi connectivity index (χ1n) is 20.7. The topological polar surface area (TPSA) is 195 Å². The van der Waals surface area contributed by atoms with E-state index in [1.165, 1.54) is 24.1 Å². The molecule has 3 heterocycles. The van der Waals surface area contributed by atoms with Crippen LogP contribution in [0.4, 0.5) is 18.0 Å². The molecular formula is C43H51F3N6O10S. The summed E-state index contributed by atoms with van der Waals surface area (Å²) in [6.45, 7) is 5.43. The quantitative estimate of drug-likeness (QED) is 0.249. The summed E-state index contributed by atoms with van der Waals surface area (Å²) in [6.07, 6.45) is -0.873. The standard InChI is InChI=1S/C43H51F3N6O10S/c1-41(2,3)62-40(56)48-34-24-51(4)18-8-6-7-9-27-22-42(27,39(55)50-63(57,58)31-15-16-31)49-36(53)35-21-30(23-52(35)38(34)54)60-37-32-17-14-29(59-5)19-26(32)20-33(47-37)25-10-12-28(13-11-25)61-43(44,45)46/h7,9-14,17,19-20,27,30-31,34-35H,6,8,15-16,18,21-24H2,1-5H3,(H,48,56)(H,49,53)(H,50,55)/t27?,30?,34-,35-,42+/m0/s1. The number of halogens is 3.